The highest BCUT2D eigenvalue weighted by Crippen LogP contribution is 2.23. The van der Waals surface area contributed by atoms with Crippen LogP contribution in [-0.2, 0) is 11.2 Å². The topological polar surface area (TPSA) is 115 Å². The van der Waals surface area contributed by atoms with Crippen LogP contribution in [0.3, 0.4) is 0 Å². The smallest absolute Gasteiger partial charge is 0.238 e. The van der Waals surface area contributed by atoms with Crippen LogP contribution < -0.4 is 16.2 Å². The minimum absolute atomic E-state index is 0.0435. The molecule has 2 aromatic rings. The monoisotopic (exact) mass is 316 g/mol. The molecule has 1 amide bonds. The Bertz CT molecular complexity index is 669. The zero-order valence-corrected chi connectivity index (χ0v) is 12.8. The van der Waals surface area contributed by atoms with E-state index in [1.807, 2.05) is 19.1 Å². The molecule has 23 heavy (non-hydrogen) atoms. The van der Waals surface area contributed by atoms with E-state index in [1.165, 1.54) is 0 Å². The maximum Gasteiger partial charge on any atom is 0.238 e. The van der Waals surface area contributed by atoms with Crippen molar-refractivity contribution >= 4 is 5.91 Å². The molecule has 0 saturated carbocycles. The number of hydrogen-bond acceptors (Lipinski definition) is 6. The summed E-state index contributed by atoms with van der Waals surface area (Å²) in [5.74, 6) is 1.65. The van der Waals surface area contributed by atoms with E-state index in [9.17, 15) is 9.90 Å². The van der Waals surface area contributed by atoms with Crippen molar-refractivity contribution in [2.45, 2.75) is 31.8 Å². The van der Waals surface area contributed by atoms with Gasteiger partial charge in [-0.3, -0.25) is 9.89 Å². The van der Waals surface area contributed by atoms with Gasteiger partial charge < -0.3 is 10.4 Å². The van der Waals surface area contributed by atoms with E-state index >= 15 is 0 Å². The first-order valence-electron chi connectivity index (χ1n) is 7.57. The summed E-state index contributed by atoms with van der Waals surface area (Å²) in [5, 5.41) is 19.0. The van der Waals surface area contributed by atoms with Gasteiger partial charge in [-0.15, -0.1) is 0 Å². The molecule has 1 aromatic carbocycles. The molecule has 122 valence electrons. The van der Waals surface area contributed by atoms with Gasteiger partial charge in [0.15, 0.2) is 5.82 Å². The van der Waals surface area contributed by atoms with E-state index in [-0.39, 0.29) is 23.7 Å². The van der Waals surface area contributed by atoms with Crippen LogP contribution in [0, 0.1) is 6.92 Å². The van der Waals surface area contributed by atoms with Crippen molar-refractivity contribution in [3.8, 4) is 5.75 Å². The highest BCUT2D eigenvalue weighted by atomic mass is 16.3. The third kappa shape index (κ3) is 3.85. The van der Waals surface area contributed by atoms with E-state index in [1.54, 1.807) is 12.1 Å². The second kappa shape index (κ2) is 6.76. The fourth-order valence-corrected chi connectivity index (χ4v) is 2.57. The average Bonchev–Trinajstić information content (AvgIpc) is 3.17. The molecule has 1 aliphatic rings. The lowest BCUT2D eigenvalue weighted by Crippen LogP contribution is -2.43. The molecule has 8 heteroatoms. The van der Waals surface area contributed by atoms with Crippen LogP contribution >= 0.6 is 0 Å². The summed E-state index contributed by atoms with van der Waals surface area (Å²) >= 11 is 0. The lowest BCUT2D eigenvalue weighted by atomic mass is 10.0. The largest absolute Gasteiger partial charge is 0.508 e. The van der Waals surface area contributed by atoms with Gasteiger partial charge >= 0.3 is 0 Å². The van der Waals surface area contributed by atoms with Crippen molar-refractivity contribution in [2.75, 3.05) is 6.54 Å². The molecule has 2 heterocycles. The van der Waals surface area contributed by atoms with Gasteiger partial charge in [0.25, 0.3) is 0 Å². The third-order valence-corrected chi connectivity index (χ3v) is 3.81. The predicted octanol–water partition coefficient (Wildman–Crippen LogP) is 0.0852. The van der Waals surface area contributed by atoms with Crippen LogP contribution in [0.1, 0.15) is 29.7 Å². The van der Waals surface area contributed by atoms with Crippen LogP contribution in [0.2, 0.25) is 0 Å². The normalized spacial score (nSPS) is 20.6. The number of phenolic OH excluding ortho intramolecular Hbond substituents is 1. The number of amides is 1. The van der Waals surface area contributed by atoms with E-state index < -0.39 is 0 Å². The quantitative estimate of drug-likeness (QED) is 0.534. The molecule has 1 saturated heterocycles. The Balaban J connectivity index is 1.46. The molecule has 1 aromatic heterocycles. The number of hydrogen-bond donors (Lipinski definition) is 5. The summed E-state index contributed by atoms with van der Waals surface area (Å²) in [6, 6.07) is 6.73. The maximum atomic E-state index is 12.2. The van der Waals surface area contributed by atoms with Crippen LogP contribution in [0.25, 0.3) is 0 Å². The van der Waals surface area contributed by atoms with Gasteiger partial charge in [0.05, 0.1) is 0 Å². The molecular weight excluding hydrogens is 296 g/mol. The fourth-order valence-electron chi connectivity index (χ4n) is 2.57. The van der Waals surface area contributed by atoms with Crippen LogP contribution in [0.4, 0.5) is 0 Å². The zero-order valence-electron chi connectivity index (χ0n) is 12.8. The van der Waals surface area contributed by atoms with Crippen molar-refractivity contribution in [2.24, 2.45) is 0 Å². The number of benzene rings is 1. The molecule has 0 aliphatic carbocycles. The summed E-state index contributed by atoms with van der Waals surface area (Å²) in [6.07, 6.45) is 1.24. The van der Waals surface area contributed by atoms with Crippen molar-refractivity contribution < 1.29 is 9.90 Å². The molecule has 0 spiro atoms. The van der Waals surface area contributed by atoms with Crippen molar-refractivity contribution in [1.82, 2.24) is 31.3 Å². The number of hydrazine groups is 1. The SMILES string of the molecule is Cc1nc(CCNC(=O)C2CC(c3ccc(O)cc3)NN2)n[nH]1. The van der Waals surface area contributed by atoms with E-state index in [4.69, 9.17) is 0 Å². The number of carbonyl (C=O) groups excluding carboxylic acids is 1. The second-order valence-corrected chi connectivity index (χ2v) is 5.60. The first-order valence-corrected chi connectivity index (χ1v) is 7.57. The summed E-state index contributed by atoms with van der Waals surface area (Å²) in [5.41, 5.74) is 7.15. The maximum absolute atomic E-state index is 12.2. The Labute approximate surface area is 133 Å². The number of nitrogens with zero attached hydrogens (tertiary/aromatic N) is 2. The van der Waals surface area contributed by atoms with Crippen LogP contribution in [-0.4, -0.2) is 38.8 Å². The van der Waals surface area contributed by atoms with E-state index in [0.717, 1.165) is 11.4 Å². The van der Waals surface area contributed by atoms with Gasteiger partial charge in [0, 0.05) is 19.0 Å². The number of aryl methyl sites for hydroxylation is 1. The van der Waals surface area contributed by atoms with Gasteiger partial charge in [-0.1, -0.05) is 12.1 Å². The number of phenols is 1. The number of rotatable bonds is 5. The summed E-state index contributed by atoms with van der Waals surface area (Å²) < 4.78 is 0. The molecule has 2 atom stereocenters. The van der Waals surface area contributed by atoms with Gasteiger partial charge in [0.1, 0.15) is 17.6 Å². The standard InChI is InChI=1S/C15H20N6O2/c1-9-17-14(21-18-9)6-7-16-15(23)13-8-12(19-20-13)10-2-4-11(22)5-3-10/h2-5,12-13,19-20,22H,6-8H2,1H3,(H,16,23)(H,17,18,21). The highest BCUT2D eigenvalue weighted by molar-refractivity contribution is 5.82. The molecule has 0 bridgehead atoms. The number of H-pyrrole nitrogens is 1. The molecule has 3 rings (SSSR count). The number of aromatic amines is 1. The molecule has 5 N–H and O–H groups in total. The van der Waals surface area contributed by atoms with Crippen molar-refractivity contribution in [1.29, 1.82) is 0 Å². The summed E-state index contributed by atoms with van der Waals surface area (Å²) in [6.45, 7) is 2.34. The molecule has 1 aliphatic heterocycles. The molecule has 8 nitrogen and oxygen atoms in total. The van der Waals surface area contributed by atoms with Crippen molar-refractivity contribution in [3.63, 3.8) is 0 Å². The van der Waals surface area contributed by atoms with Gasteiger partial charge in [0.2, 0.25) is 5.91 Å². The molecule has 1 fully saturated rings. The van der Waals surface area contributed by atoms with Gasteiger partial charge in [-0.05, 0) is 31.0 Å². The Morgan fingerprint density at radius 3 is 2.83 bits per heavy atom. The van der Waals surface area contributed by atoms with Crippen LogP contribution in [0.15, 0.2) is 24.3 Å². The van der Waals surface area contributed by atoms with Crippen molar-refractivity contribution in [3.05, 3.63) is 41.5 Å². The minimum atomic E-state index is -0.289. The fraction of sp³-hybridized carbons (Fsp3) is 0.400. The summed E-state index contributed by atoms with van der Waals surface area (Å²) in [4.78, 5) is 16.4. The Morgan fingerprint density at radius 2 is 2.13 bits per heavy atom. The van der Waals surface area contributed by atoms with Crippen LogP contribution in [0.5, 0.6) is 5.75 Å². The summed E-state index contributed by atoms with van der Waals surface area (Å²) in [7, 11) is 0. The first kappa shape index (κ1) is 15.4. The third-order valence-electron chi connectivity index (χ3n) is 3.81. The second-order valence-electron chi connectivity index (χ2n) is 5.60. The molecular formula is C15H20N6O2. The van der Waals surface area contributed by atoms with Gasteiger partial charge in [-0.2, -0.15) is 5.10 Å². The zero-order chi connectivity index (χ0) is 16.2. The lowest BCUT2D eigenvalue weighted by Gasteiger charge is -2.10. The number of nitrogens with one attached hydrogen (secondary N) is 4. The molecule has 2 unspecified atom stereocenters. The van der Waals surface area contributed by atoms with E-state index in [2.05, 4.69) is 31.3 Å². The first-order chi connectivity index (χ1) is 11.1. The van der Waals surface area contributed by atoms with E-state index in [0.29, 0.717) is 25.2 Å². The van der Waals surface area contributed by atoms with Gasteiger partial charge in [-0.25, -0.2) is 15.8 Å². The number of carbonyl (C=O) groups is 1. The minimum Gasteiger partial charge on any atom is -0.508 e. The molecule has 0 radical (unpaired) electrons. The Morgan fingerprint density at radius 1 is 1.35 bits per heavy atom. The lowest BCUT2D eigenvalue weighted by molar-refractivity contribution is -0.122. The Kier molecular flexibility index (Phi) is 4.54. The number of aromatic nitrogens is 3. The number of aromatic hydroxyl groups is 1. The predicted molar refractivity (Wildman–Crippen MR) is 83.4 cm³/mol. The highest BCUT2D eigenvalue weighted by Gasteiger charge is 2.29. The average molecular weight is 316 g/mol. The Hall–Kier alpha value is -2.45.